The third kappa shape index (κ3) is 6.48. The zero-order valence-electron chi connectivity index (χ0n) is 18.6. The SMILES string of the molecule is CN=C(NCc1ccc(N2CCNC(=O)C2)cc1)N1CCC(=Cc2ccccc2)CC1.I. The van der Waals surface area contributed by atoms with E-state index in [1.54, 1.807) is 0 Å². The van der Waals surface area contributed by atoms with Gasteiger partial charge in [-0.15, -0.1) is 24.0 Å². The van der Waals surface area contributed by atoms with Gasteiger partial charge in [-0.05, 0) is 36.1 Å². The van der Waals surface area contributed by atoms with Gasteiger partial charge in [-0.1, -0.05) is 54.1 Å². The fraction of sp³-hybridized carbons (Fsp3) is 0.360. The number of likely N-dealkylation sites (tertiary alicyclic amines) is 1. The van der Waals surface area contributed by atoms with E-state index >= 15 is 0 Å². The number of benzene rings is 2. The number of hydrogen-bond acceptors (Lipinski definition) is 3. The van der Waals surface area contributed by atoms with E-state index in [-0.39, 0.29) is 29.9 Å². The van der Waals surface area contributed by atoms with Gasteiger partial charge in [-0.2, -0.15) is 0 Å². The molecule has 6 nitrogen and oxygen atoms in total. The first-order valence-electron chi connectivity index (χ1n) is 11.0. The van der Waals surface area contributed by atoms with Crippen LogP contribution < -0.4 is 15.5 Å². The van der Waals surface area contributed by atoms with Gasteiger partial charge in [0.15, 0.2) is 5.96 Å². The Kier molecular flexibility index (Phi) is 8.96. The highest BCUT2D eigenvalue weighted by molar-refractivity contribution is 14.0. The Hall–Kier alpha value is -2.55. The molecule has 2 fully saturated rings. The van der Waals surface area contributed by atoms with Crippen LogP contribution in [-0.2, 0) is 11.3 Å². The largest absolute Gasteiger partial charge is 0.360 e. The number of guanidine groups is 1. The smallest absolute Gasteiger partial charge is 0.239 e. The molecule has 0 saturated carbocycles. The lowest BCUT2D eigenvalue weighted by atomic mass is 10.0. The summed E-state index contributed by atoms with van der Waals surface area (Å²) in [4.78, 5) is 20.5. The number of aliphatic imine (C=N–C) groups is 1. The quantitative estimate of drug-likeness (QED) is 0.351. The fourth-order valence-electron chi connectivity index (χ4n) is 4.13. The van der Waals surface area contributed by atoms with E-state index < -0.39 is 0 Å². The Labute approximate surface area is 207 Å². The molecule has 2 aromatic carbocycles. The molecule has 0 aromatic heterocycles. The zero-order chi connectivity index (χ0) is 21.5. The molecule has 2 N–H and O–H groups in total. The summed E-state index contributed by atoms with van der Waals surface area (Å²) >= 11 is 0. The third-order valence-electron chi connectivity index (χ3n) is 5.88. The minimum Gasteiger partial charge on any atom is -0.360 e. The lowest BCUT2D eigenvalue weighted by Gasteiger charge is -2.31. The van der Waals surface area contributed by atoms with Gasteiger partial charge < -0.3 is 20.4 Å². The van der Waals surface area contributed by atoms with E-state index in [1.807, 2.05) is 7.05 Å². The van der Waals surface area contributed by atoms with Crippen molar-refractivity contribution in [2.75, 3.05) is 44.7 Å². The lowest BCUT2D eigenvalue weighted by Crippen LogP contribution is -2.47. The number of carbonyl (C=O) groups excluding carboxylic acids is 1. The first-order chi connectivity index (χ1) is 15.2. The van der Waals surface area contributed by atoms with Crippen LogP contribution in [0.2, 0.25) is 0 Å². The summed E-state index contributed by atoms with van der Waals surface area (Å²) in [5.41, 5.74) is 5.08. The molecule has 0 bridgehead atoms. The molecule has 4 rings (SSSR count). The molecular weight excluding hydrogens is 513 g/mol. The average Bonchev–Trinajstić information content (AvgIpc) is 2.81. The highest BCUT2D eigenvalue weighted by Gasteiger charge is 2.18. The second-order valence-corrected chi connectivity index (χ2v) is 8.04. The minimum atomic E-state index is 0. The summed E-state index contributed by atoms with van der Waals surface area (Å²) < 4.78 is 0. The third-order valence-corrected chi connectivity index (χ3v) is 5.88. The molecule has 0 unspecified atom stereocenters. The maximum Gasteiger partial charge on any atom is 0.239 e. The van der Waals surface area contributed by atoms with E-state index in [0.29, 0.717) is 13.1 Å². The number of carbonyl (C=O) groups is 1. The first-order valence-corrected chi connectivity index (χ1v) is 11.0. The summed E-state index contributed by atoms with van der Waals surface area (Å²) in [5.74, 6) is 1.04. The molecule has 2 saturated heterocycles. The second-order valence-electron chi connectivity index (χ2n) is 8.04. The molecular formula is C25H32IN5O. The molecule has 0 radical (unpaired) electrons. The van der Waals surface area contributed by atoms with Gasteiger partial charge in [0.25, 0.3) is 0 Å². The van der Waals surface area contributed by atoms with Crippen LogP contribution in [0.25, 0.3) is 6.08 Å². The van der Waals surface area contributed by atoms with Gasteiger partial charge in [0, 0.05) is 45.5 Å². The van der Waals surface area contributed by atoms with Crippen molar-refractivity contribution in [3.8, 4) is 0 Å². The van der Waals surface area contributed by atoms with Gasteiger partial charge in [0.05, 0.1) is 6.54 Å². The summed E-state index contributed by atoms with van der Waals surface area (Å²) in [7, 11) is 1.85. The van der Waals surface area contributed by atoms with Crippen molar-refractivity contribution in [2.24, 2.45) is 4.99 Å². The number of anilines is 1. The maximum absolute atomic E-state index is 11.6. The monoisotopic (exact) mass is 545 g/mol. The van der Waals surface area contributed by atoms with Crippen molar-refractivity contribution in [3.05, 3.63) is 71.3 Å². The van der Waals surface area contributed by atoms with Crippen molar-refractivity contribution >= 4 is 47.6 Å². The summed E-state index contributed by atoms with van der Waals surface area (Å²) in [6.45, 7) is 4.68. The molecule has 0 atom stereocenters. The van der Waals surface area contributed by atoms with Gasteiger partial charge in [0.1, 0.15) is 0 Å². The van der Waals surface area contributed by atoms with E-state index in [2.05, 4.69) is 86.1 Å². The Morgan fingerprint density at radius 3 is 2.44 bits per heavy atom. The lowest BCUT2D eigenvalue weighted by molar-refractivity contribution is -0.120. The van der Waals surface area contributed by atoms with Crippen LogP contribution >= 0.6 is 24.0 Å². The minimum absolute atomic E-state index is 0. The van der Waals surface area contributed by atoms with Gasteiger partial charge in [-0.3, -0.25) is 9.79 Å². The molecule has 2 heterocycles. The van der Waals surface area contributed by atoms with Crippen LogP contribution in [0.1, 0.15) is 24.0 Å². The summed E-state index contributed by atoms with van der Waals surface area (Å²) in [6.07, 6.45) is 4.45. The Morgan fingerprint density at radius 2 is 1.78 bits per heavy atom. The van der Waals surface area contributed by atoms with E-state index in [0.717, 1.165) is 50.7 Å². The average molecular weight is 545 g/mol. The summed E-state index contributed by atoms with van der Waals surface area (Å²) in [5, 5.41) is 6.37. The van der Waals surface area contributed by atoms with Crippen LogP contribution in [0.3, 0.4) is 0 Å². The molecule has 2 aliphatic rings. The Balaban J connectivity index is 0.00000289. The van der Waals surface area contributed by atoms with Crippen LogP contribution in [-0.4, -0.2) is 56.5 Å². The highest BCUT2D eigenvalue weighted by Crippen LogP contribution is 2.20. The predicted octanol–water partition coefficient (Wildman–Crippen LogP) is 3.50. The Morgan fingerprint density at radius 1 is 1.06 bits per heavy atom. The molecule has 1 amide bonds. The fourth-order valence-corrected chi connectivity index (χ4v) is 4.13. The number of nitrogens with zero attached hydrogens (tertiary/aromatic N) is 3. The molecule has 0 aliphatic carbocycles. The van der Waals surface area contributed by atoms with Crippen molar-refractivity contribution in [3.63, 3.8) is 0 Å². The topological polar surface area (TPSA) is 60.0 Å². The number of rotatable bonds is 4. The number of hydrogen-bond donors (Lipinski definition) is 2. The van der Waals surface area contributed by atoms with Gasteiger partial charge >= 0.3 is 0 Å². The number of piperidine rings is 1. The predicted molar refractivity (Wildman–Crippen MR) is 143 cm³/mol. The van der Waals surface area contributed by atoms with Crippen molar-refractivity contribution in [1.29, 1.82) is 0 Å². The number of piperazine rings is 1. The number of amides is 1. The molecule has 170 valence electrons. The first kappa shape index (κ1) is 24.1. The van der Waals surface area contributed by atoms with Crippen molar-refractivity contribution < 1.29 is 4.79 Å². The molecule has 0 spiro atoms. The van der Waals surface area contributed by atoms with Crippen LogP contribution in [0.15, 0.2) is 65.2 Å². The van der Waals surface area contributed by atoms with Crippen molar-refractivity contribution in [1.82, 2.24) is 15.5 Å². The van der Waals surface area contributed by atoms with E-state index in [9.17, 15) is 4.79 Å². The van der Waals surface area contributed by atoms with Crippen LogP contribution in [0.4, 0.5) is 5.69 Å². The van der Waals surface area contributed by atoms with E-state index in [4.69, 9.17) is 0 Å². The molecule has 32 heavy (non-hydrogen) atoms. The summed E-state index contributed by atoms with van der Waals surface area (Å²) in [6, 6.07) is 19.0. The zero-order valence-corrected chi connectivity index (χ0v) is 20.9. The van der Waals surface area contributed by atoms with Crippen LogP contribution in [0.5, 0.6) is 0 Å². The molecule has 2 aromatic rings. The standard InChI is InChI=1S/C25H31N5O.HI/c1-26-25(29-14-11-21(12-15-29)17-20-5-3-2-4-6-20)28-18-22-7-9-23(10-8-22)30-16-13-27-24(31)19-30;/h2-10,17H,11-16,18-19H2,1H3,(H,26,28)(H,27,31);1H. The number of halogens is 1. The van der Waals surface area contributed by atoms with Gasteiger partial charge in [0.2, 0.25) is 5.91 Å². The highest BCUT2D eigenvalue weighted by atomic mass is 127. The maximum atomic E-state index is 11.6. The molecule has 7 heteroatoms. The van der Waals surface area contributed by atoms with Gasteiger partial charge in [-0.25, -0.2) is 0 Å². The van der Waals surface area contributed by atoms with E-state index in [1.165, 1.54) is 16.7 Å². The van der Waals surface area contributed by atoms with Crippen molar-refractivity contribution in [2.45, 2.75) is 19.4 Å². The Bertz CT molecular complexity index is 933. The second kappa shape index (κ2) is 11.9. The number of nitrogens with one attached hydrogen (secondary N) is 2. The normalized spacial score (nSPS) is 16.8. The van der Waals surface area contributed by atoms with Crippen LogP contribution in [0, 0.1) is 0 Å². The molecule has 2 aliphatic heterocycles.